The minimum Gasteiger partial charge on any atom is -0.434 e. The van der Waals surface area contributed by atoms with Gasteiger partial charge in [0, 0.05) is 11.0 Å². The van der Waals surface area contributed by atoms with Gasteiger partial charge in [-0.2, -0.15) is 8.78 Å². The van der Waals surface area contributed by atoms with E-state index in [1.165, 1.54) is 31.4 Å². The summed E-state index contributed by atoms with van der Waals surface area (Å²) in [5.74, 6) is 2.20. The molecule has 0 amide bonds. The highest BCUT2D eigenvalue weighted by molar-refractivity contribution is 6.09. The summed E-state index contributed by atoms with van der Waals surface area (Å²) in [6.07, 6.45) is 8.49. The summed E-state index contributed by atoms with van der Waals surface area (Å²) in [6, 6.07) is 6.38. The molecule has 4 fully saturated rings. The maximum absolute atomic E-state index is 12.6. The Labute approximate surface area is 156 Å². The molecule has 6 rings (SSSR count). The molecule has 0 unspecified atom stereocenters. The van der Waals surface area contributed by atoms with E-state index in [1.54, 1.807) is 18.2 Å². The quantitative estimate of drug-likeness (QED) is 0.563. The SMILES string of the molecule is O=C1OC(C23CC4CC(CC(C4)C2)C3)=NC1=Cc1ccccc1OC(F)F. The lowest BCUT2D eigenvalue weighted by Gasteiger charge is -2.55. The van der Waals surface area contributed by atoms with Crippen molar-refractivity contribution >= 4 is 17.9 Å². The zero-order valence-electron chi connectivity index (χ0n) is 14.9. The second kappa shape index (κ2) is 6.14. The van der Waals surface area contributed by atoms with Gasteiger partial charge in [0.05, 0.1) is 0 Å². The maximum Gasteiger partial charge on any atom is 0.387 e. The third-order valence-corrected chi connectivity index (χ3v) is 6.54. The molecule has 1 aromatic rings. The Bertz CT molecular complexity index is 810. The molecule has 0 spiro atoms. The minimum atomic E-state index is -2.92. The molecule has 4 aliphatic carbocycles. The Morgan fingerprint density at radius 2 is 1.74 bits per heavy atom. The number of carbonyl (C=O) groups excluding carboxylic acids is 1. The monoisotopic (exact) mass is 373 g/mol. The van der Waals surface area contributed by atoms with Crippen molar-refractivity contribution in [2.24, 2.45) is 28.2 Å². The second-order valence-corrected chi connectivity index (χ2v) is 8.45. The molecule has 1 aromatic carbocycles. The van der Waals surface area contributed by atoms with Crippen LogP contribution in [0.1, 0.15) is 44.1 Å². The van der Waals surface area contributed by atoms with Gasteiger partial charge in [-0.15, -0.1) is 0 Å². The number of hydrogen-bond acceptors (Lipinski definition) is 4. The summed E-state index contributed by atoms with van der Waals surface area (Å²) in [7, 11) is 0. The molecule has 4 bridgehead atoms. The van der Waals surface area contributed by atoms with Crippen LogP contribution in [0.25, 0.3) is 6.08 Å². The maximum atomic E-state index is 12.6. The van der Waals surface area contributed by atoms with Crippen molar-refractivity contribution < 1.29 is 23.0 Å². The number of benzene rings is 1. The predicted molar refractivity (Wildman–Crippen MR) is 95.2 cm³/mol. The lowest BCUT2D eigenvalue weighted by Crippen LogP contribution is -2.50. The molecule has 0 saturated heterocycles. The summed E-state index contributed by atoms with van der Waals surface area (Å²) in [4.78, 5) is 17.0. The van der Waals surface area contributed by atoms with E-state index in [9.17, 15) is 13.6 Å². The number of ether oxygens (including phenoxy) is 2. The average Bonchev–Trinajstić information content (AvgIpc) is 2.97. The Morgan fingerprint density at radius 1 is 1.11 bits per heavy atom. The number of esters is 1. The van der Waals surface area contributed by atoms with E-state index in [0.29, 0.717) is 29.2 Å². The lowest BCUT2D eigenvalue weighted by molar-refractivity contribution is -0.131. The highest BCUT2D eigenvalue weighted by Crippen LogP contribution is 2.61. The third-order valence-electron chi connectivity index (χ3n) is 6.54. The van der Waals surface area contributed by atoms with Crippen LogP contribution in [0, 0.1) is 23.2 Å². The van der Waals surface area contributed by atoms with Gasteiger partial charge in [0.15, 0.2) is 5.70 Å². The molecular formula is C21H21F2NO3. The van der Waals surface area contributed by atoms with Crippen LogP contribution in [0.3, 0.4) is 0 Å². The topological polar surface area (TPSA) is 47.9 Å². The van der Waals surface area contributed by atoms with Crippen LogP contribution in [-0.4, -0.2) is 18.5 Å². The molecule has 0 radical (unpaired) electrons. The molecule has 6 heteroatoms. The predicted octanol–water partition coefficient (Wildman–Crippen LogP) is 4.80. The van der Waals surface area contributed by atoms with E-state index in [-0.39, 0.29) is 16.9 Å². The van der Waals surface area contributed by atoms with Gasteiger partial charge in [-0.25, -0.2) is 9.79 Å². The van der Waals surface area contributed by atoms with Crippen LogP contribution < -0.4 is 4.74 Å². The Morgan fingerprint density at radius 3 is 2.37 bits per heavy atom. The van der Waals surface area contributed by atoms with Crippen LogP contribution in [0.4, 0.5) is 8.78 Å². The zero-order valence-corrected chi connectivity index (χ0v) is 14.9. The molecule has 142 valence electrons. The number of carbonyl (C=O) groups is 1. The molecule has 27 heavy (non-hydrogen) atoms. The lowest BCUT2D eigenvalue weighted by atomic mass is 9.49. The van der Waals surface area contributed by atoms with Crippen LogP contribution in [0.5, 0.6) is 5.75 Å². The molecule has 4 saturated carbocycles. The Hall–Kier alpha value is -2.24. The highest BCUT2D eigenvalue weighted by Gasteiger charge is 2.55. The Kier molecular flexibility index (Phi) is 3.85. The number of aliphatic imine (C=N–C) groups is 1. The molecular weight excluding hydrogens is 352 g/mol. The molecule has 0 atom stereocenters. The molecule has 1 aliphatic heterocycles. The van der Waals surface area contributed by atoms with Crippen LogP contribution >= 0.6 is 0 Å². The van der Waals surface area contributed by atoms with Gasteiger partial charge in [-0.1, -0.05) is 18.2 Å². The summed E-state index contributed by atoms with van der Waals surface area (Å²) < 4.78 is 35.4. The highest BCUT2D eigenvalue weighted by atomic mass is 19.3. The van der Waals surface area contributed by atoms with Gasteiger partial charge in [0.1, 0.15) is 5.75 Å². The number of cyclic esters (lactones) is 1. The fraction of sp³-hybridized carbons (Fsp3) is 0.524. The Balaban J connectivity index is 1.46. The zero-order chi connectivity index (χ0) is 18.6. The summed E-state index contributed by atoms with van der Waals surface area (Å²) in [5.41, 5.74) is 0.435. The number of halogens is 2. The van der Waals surface area contributed by atoms with Crippen molar-refractivity contribution in [2.45, 2.75) is 45.1 Å². The largest absolute Gasteiger partial charge is 0.434 e. The molecule has 0 N–H and O–H groups in total. The standard InChI is InChI=1S/C21H21F2NO3/c22-20(23)26-17-4-2-1-3-15(17)8-16-18(25)27-19(24-16)21-9-12-5-13(10-21)7-14(6-12)11-21/h1-4,8,12-14,20H,5-7,9-11H2. The van der Waals surface area contributed by atoms with Crippen LogP contribution in [0.15, 0.2) is 35.0 Å². The smallest absolute Gasteiger partial charge is 0.387 e. The van der Waals surface area contributed by atoms with Gasteiger partial charge < -0.3 is 9.47 Å². The second-order valence-electron chi connectivity index (χ2n) is 8.45. The van der Waals surface area contributed by atoms with Gasteiger partial charge in [-0.05, 0) is 68.4 Å². The van der Waals surface area contributed by atoms with Crippen molar-refractivity contribution in [2.75, 3.05) is 0 Å². The first-order chi connectivity index (χ1) is 13.0. The van der Waals surface area contributed by atoms with Crippen LogP contribution in [-0.2, 0) is 9.53 Å². The van der Waals surface area contributed by atoms with Crippen molar-refractivity contribution in [3.63, 3.8) is 0 Å². The van der Waals surface area contributed by atoms with Crippen LogP contribution in [0.2, 0.25) is 0 Å². The fourth-order valence-corrected chi connectivity index (χ4v) is 5.96. The summed E-state index contributed by atoms with van der Waals surface area (Å²) >= 11 is 0. The normalized spacial score (nSPS) is 35.7. The van der Waals surface area contributed by atoms with Gasteiger partial charge in [0.25, 0.3) is 0 Å². The molecule has 1 heterocycles. The fourth-order valence-electron chi connectivity index (χ4n) is 5.96. The van der Waals surface area contributed by atoms with Crippen molar-refractivity contribution in [1.29, 1.82) is 0 Å². The van der Waals surface area contributed by atoms with E-state index in [1.807, 2.05) is 0 Å². The number of alkyl halides is 2. The van der Waals surface area contributed by atoms with Gasteiger partial charge >= 0.3 is 12.6 Å². The third kappa shape index (κ3) is 2.95. The van der Waals surface area contributed by atoms with Gasteiger partial charge in [-0.3, -0.25) is 0 Å². The molecule has 5 aliphatic rings. The summed E-state index contributed by atoms with van der Waals surface area (Å²) in [6.45, 7) is -2.92. The van der Waals surface area contributed by atoms with Gasteiger partial charge in [0.2, 0.25) is 5.90 Å². The number of para-hydroxylation sites is 1. The van der Waals surface area contributed by atoms with E-state index in [0.717, 1.165) is 19.3 Å². The minimum absolute atomic E-state index is 0.0197. The number of rotatable bonds is 4. The average molecular weight is 373 g/mol. The van der Waals surface area contributed by atoms with E-state index in [2.05, 4.69) is 9.73 Å². The first-order valence-electron chi connectivity index (χ1n) is 9.58. The first-order valence-corrected chi connectivity index (χ1v) is 9.58. The number of hydrogen-bond donors (Lipinski definition) is 0. The van der Waals surface area contributed by atoms with E-state index >= 15 is 0 Å². The molecule has 4 nitrogen and oxygen atoms in total. The van der Waals surface area contributed by atoms with Crippen molar-refractivity contribution in [3.8, 4) is 5.75 Å². The van der Waals surface area contributed by atoms with E-state index < -0.39 is 12.6 Å². The van der Waals surface area contributed by atoms with E-state index in [4.69, 9.17) is 4.74 Å². The summed E-state index contributed by atoms with van der Waals surface area (Å²) in [5, 5.41) is 0. The van der Waals surface area contributed by atoms with Crippen molar-refractivity contribution in [1.82, 2.24) is 0 Å². The number of nitrogens with zero attached hydrogens (tertiary/aromatic N) is 1. The van der Waals surface area contributed by atoms with Crippen molar-refractivity contribution in [3.05, 3.63) is 35.5 Å². The first kappa shape index (κ1) is 16.9. The molecule has 0 aromatic heterocycles.